The molecule has 0 spiro atoms. The molecule has 2 aromatic rings. The van der Waals surface area contributed by atoms with Crippen LogP contribution in [0.25, 0.3) is 0 Å². The van der Waals surface area contributed by atoms with Crippen molar-refractivity contribution in [1.29, 1.82) is 0 Å². The zero-order valence-electron chi connectivity index (χ0n) is 17.5. The highest BCUT2D eigenvalue weighted by Crippen LogP contribution is 2.33. The van der Waals surface area contributed by atoms with Gasteiger partial charge in [-0.2, -0.15) is 0 Å². The third-order valence-corrected chi connectivity index (χ3v) is 6.25. The van der Waals surface area contributed by atoms with E-state index in [2.05, 4.69) is 61.8 Å². The lowest BCUT2D eigenvalue weighted by molar-refractivity contribution is 0.0962. The van der Waals surface area contributed by atoms with Crippen LogP contribution in [0, 0.1) is 11.8 Å². The van der Waals surface area contributed by atoms with Gasteiger partial charge in [0.05, 0.1) is 11.3 Å². The summed E-state index contributed by atoms with van der Waals surface area (Å²) in [6.07, 6.45) is 4.39. The maximum Gasteiger partial charge on any atom is 0.225 e. The Kier molecular flexibility index (Phi) is 5.22. The molecule has 0 saturated carbocycles. The molecular weight excluding hydrogens is 346 g/mol. The molecule has 4 nitrogen and oxygen atoms in total. The zero-order valence-corrected chi connectivity index (χ0v) is 17.5. The summed E-state index contributed by atoms with van der Waals surface area (Å²) in [6.45, 7) is 11.0. The number of hydrogen-bond donors (Lipinski definition) is 0. The van der Waals surface area contributed by atoms with Gasteiger partial charge in [0, 0.05) is 25.7 Å². The number of fused-ring (bicyclic) bond motifs is 1. The molecule has 0 unspecified atom stereocenters. The van der Waals surface area contributed by atoms with Crippen molar-refractivity contribution in [2.75, 3.05) is 18.0 Å². The molecule has 4 heteroatoms. The van der Waals surface area contributed by atoms with Gasteiger partial charge in [0.15, 0.2) is 5.78 Å². The summed E-state index contributed by atoms with van der Waals surface area (Å²) in [7, 11) is 0. The van der Waals surface area contributed by atoms with Crippen molar-refractivity contribution in [3.63, 3.8) is 0 Å². The lowest BCUT2D eigenvalue weighted by Crippen LogP contribution is -2.40. The van der Waals surface area contributed by atoms with Gasteiger partial charge in [0.1, 0.15) is 0 Å². The zero-order chi connectivity index (χ0) is 19.8. The van der Waals surface area contributed by atoms with Crippen LogP contribution in [-0.4, -0.2) is 28.8 Å². The minimum Gasteiger partial charge on any atom is -0.340 e. The van der Waals surface area contributed by atoms with Gasteiger partial charge < -0.3 is 4.90 Å². The predicted molar refractivity (Wildman–Crippen MR) is 113 cm³/mol. The number of ketones is 1. The van der Waals surface area contributed by atoms with E-state index in [-0.39, 0.29) is 11.7 Å². The maximum atomic E-state index is 12.7. The first-order valence-corrected chi connectivity index (χ1v) is 10.6. The molecule has 0 amide bonds. The first kappa shape index (κ1) is 19.1. The van der Waals surface area contributed by atoms with Crippen molar-refractivity contribution in [3.05, 3.63) is 52.8 Å². The Labute approximate surface area is 168 Å². The van der Waals surface area contributed by atoms with E-state index in [1.807, 2.05) is 0 Å². The standard InChI is InChI=1S/C24H31N3O/c1-15(2)18-5-7-19(8-6-18)20-10-22-21(23(28)11-20)12-25-24(26-22)27-13-16(3)9-17(4)14-27/h5-8,12,15-17,20H,9-11,13-14H2,1-4H3/t16-,17+,20-/m1/s1. The fourth-order valence-corrected chi connectivity index (χ4v) is 4.80. The number of benzene rings is 1. The first-order chi connectivity index (χ1) is 13.4. The van der Waals surface area contributed by atoms with Gasteiger partial charge in [0.2, 0.25) is 5.95 Å². The molecule has 0 bridgehead atoms. The monoisotopic (exact) mass is 377 g/mol. The number of anilines is 1. The highest BCUT2D eigenvalue weighted by molar-refractivity contribution is 5.98. The van der Waals surface area contributed by atoms with E-state index in [9.17, 15) is 4.79 Å². The second-order valence-electron chi connectivity index (χ2n) is 9.23. The van der Waals surface area contributed by atoms with Crippen LogP contribution in [0.5, 0.6) is 0 Å². The Bertz CT molecular complexity index is 849. The molecule has 0 radical (unpaired) electrons. The number of carbonyl (C=O) groups is 1. The minimum absolute atomic E-state index is 0.172. The number of rotatable bonds is 3. The van der Waals surface area contributed by atoms with Crippen LogP contribution in [0.4, 0.5) is 5.95 Å². The number of aromatic nitrogens is 2. The molecule has 1 fully saturated rings. The molecule has 1 aromatic heterocycles. The van der Waals surface area contributed by atoms with Crippen molar-refractivity contribution in [1.82, 2.24) is 9.97 Å². The average molecular weight is 378 g/mol. The quantitative estimate of drug-likeness (QED) is 0.755. The topological polar surface area (TPSA) is 46.1 Å². The first-order valence-electron chi connectivity index (χ1n) is 10.6. The SMILES string of the molecule is CC(C)c1ccc([C@H]2CC(=O)c3cnc(N4C[C@H](C)C[C@H](C)C4)nc3C2)cc1. The van der Waals surface area contributed by atoms with Gasteiger partial charge in [0.25, 0.3) is 0 Å². The summed E-state index contributed by atoms with van der Waals surface area (Å²) in [4.78, 5) is 24.5. The summed E-state index contributed by atoms with van der Waals surface area (Å²) in [5, 5.41) is 0. The molecule has 2 aliphatic rings. The van der Waals surface area contributed by atoms with Crippen molar-refractivity contribution < 1.29 is 4.79 Å². The summed E-state index contributed by atoms with van der Waals surface area (Å²) in [5.41, 5.74) is 4.22. The Morgan fingerprint density at radius 3 is 2.36 bits per heavy atom. The molecule has 4 rings (SSSR count). The van der Waals surface area contributed by atoms with Gasteiger partial charge in [-0.15, -0.1) is 0 Å². The van der Waals surface area contributed by atoms with Crippen molar-refractivity contribution in [3.8, 4) is 0 Å². The second-order valence-corrected chi connectivity index (χ2v) is 9.23. The number of nitrogens with zero attached hydrogens (tertiary/aromatic N) is 3. The molecule has 28 heavy (non-hydrogen) atoms. The Morgan fingerprint density at radius 1 is 1.04 bits per heavy atom. The second kappa shape index (κ2) is 7.65. The Balaban J connectivity index is 1.58. The highest BCUT2D eigenvalue weighted by Gasteiger charge is 2.30. The van der Waals surface area contributed by atoms with Crippen LogP contribution in [0.2, 0.25) is 0 Å². The van der Waals surface area contributed by atoms with Crippen LogP contribution < -0.4 is 4.90 Å². The summed E-state index contributed by atoms with van der Waals surface area (Å²) < 4.78 is 0. The largest absolute Gasteiger partial charge is 0.340 e. The molecule has 3 atom stereocenters. The molecule has 1 aliphatic carbocycles. The fraction of sp³-hybridized carbons (Fsp3) is 0.542. The average Bonchev–Trinajstić information content (AvgIpc) is 2.67. The van der Waals surface area contributed by atoms with E-state index in [0.29, 0.717) is 24.2 Å². The van der Waals surface area contributed by atoms with E-state index in [0.717, 1.165) is 36.7 Å². The number of hydrogen-bond acceptors (Lipinski definition) is 4. The third-order valence-electron chi connectivity index (χ3n) is 6.25. The minimum atomic E-state index is 0.172. The molecule has 1 aromatic carbocycles. The van der Waals surface area contributed by atoms with E-state index < -0.39 is 0 Å². The van der Waals surface area contributed by atoms with Gasteiger partial charge in [-0.25, -0.2) is 9.97 Å². The number of carbonyl (C=O) groups excluding carboxylic acids is 1. The highest BCUT2D eigenvalue weighted by atomic mass is 16.1. The van der Waals surface area contributed by atoms with Crippen molar-refractivity contribution >= 4 is 11.7 Å². The van der Waals surface area contributed by atoms with Crippen LogP contribution in [0.1, 0.15) is 79.6 Å². The molecule has 2 heterocycles. The Hall–Kier alpha value is -2.23. The lowest BCUT2D eigenvalue weighted by Gasteiger charge is -2.35. The molecular formula is C24H31N3O. The summed E-state index contributed by atoms with van der Waals surface area (Å²) in [5.74, 6) is 3.00. The van der Waals surface area contributed by atoms with E-state index in [4.69, 9.17) is 4.98 Å². The van der Waals surface area contributed by atoms with Gasteiger partial charge in [-0.05, 0) is 47.6 Å². The van der Waals surface area contributed by atoms with Crippen molar-refractivity contribution in [2.45, 2.75) is 58.8 Å². The number of piperidine rings is 1. The lowest BCUT2D eigenvalue weighted by atomic mass is 9.81. The summed E-state index contributed by atoms with van der Waals surface area (Å²) in [6, 6.07) is 8.77. The van der Waals surface area contributed by atoms with E-state index in [1.54, 1.807) is 6.20 Å². The summed E-state index contributed by atoms with van der Waals surface area (Å²) >= 11 is 0. The smallest absolute Gasteiger partial charge is 0.225 e. The molecule has 148 valence electrons. The van der Waals surface area contributed by atoms with Gasteiger partial charge in [-0.3, -0.25) is 4.79 Å². The predicted octanol–water partition coefficient (Wildman–Crippen LogP) is 5.00. The van der Waals surface area contributed by atoms with E-state index in [1.165, 1.54) is 17.5 Å². The molecule has 1 saturated heterocycles. The van der Waals surface area contributed by atoms with Gasteiger partial charge in [-0.1, -0.05) is 52.0 Å². The van der Waals surface area contributed by atoms with Crippen LogP contribution >= 0.6 is 0 Å². The van der Waals surface area contributed by atoms with Crippen molar-refractivity contribution in [2.24, 2.45) is 11.8 Å². The third kappa shape index (κ3) is 3.82. The Morgan fingerprint density at radius 2 is 1.71 bits per heavy atom. The van der Waals surface area contributed by atoms with Crippen LogP contribution in [0.3, 0.4) is 0 Å². The van der Waals surface area contributed by atoms with E-state index >= 15 is 0 Å². The normalized spacial score (nSPS) is 25.1. The number of Topliss-reactive ketones (excluding diaryl/α,β-unsaturated/α-hetero) is 1. The maximum absolute atomic E-state index is 12.7. The fourth-order valence-electron chi connectivity index (χ4n) is 4.80. The van der Waals surface area contributed by atoms with Crippen LogP contribution in [0.15, 0.2) is 30.5 Å². The molecule has 0 N–H and O–H groups in total. The van der Waals surface area contributed by atoms with Gasteiger partial charge >= 0.3 is 0 Å². The molecule has 1 aliphatic heterocycles. The van der Waals surface area contributed by atoms with Crippen LogP contribution in [-0.2, 0) is 6.42 Å².